The molecule has 2 aromatic heterocycles. The Morgan fingerprint density at radius 1 is 1.41 bits per heavy atom. The number of nitrogens with two attached hydrogens (primary N) is 1. The second kappa shape index (κ2) is 4.63. The number of thiophene rings is 1. The molecule has 0 amide bonds. The molecule has 1 fully saturated rings. The predicted octanol–water partition coefficient (Wildman–Crippen LogP) is 3.19. The Hall–Kier alpha value is -1.13. The summed E-state index contributed by atoms with van der Waals surface area (Å²) in [5.74, 6) is 0. The fraction of sp³-hybridized carbons (Fsp3) is 0.462. The summed E-state index contributed by atoms with van der Waals surface area (Å²) in [6.07, 6.45) is 5.14. The first-order valence-electron chi connectivity index (χ1n) is 6.19. The third kappa shape index (κ3) is 2.03. The number of aromatic nitrogens is 2. The fourth-order valence-electron chi connectivity index (χ4n) is 2.60. The van der Waals surface area contributed by atoms with E-state index in [1.807, 2.05) is 0 Å². The van der Waals surface area contributed by atoms with Crippen molar-refractivity contribution < 1.29 is 0 Å². The van der Waals surface area contributed by atoms with Crippen LogP contribution in [0.5, 0.6) is 0 Å². The Morgan fingerprint density at radius 2 is 2.24 bits per heavy atom. The summed E-state index contributed by atoms with van der Waals surface area (Å²) >= 11 is 1.71. The van der Waals surface area contributed by atoms with Crippen molar-refractivity contribution in [3.8, 4) is 11.3 Å². The molecule has 1 aliphatic carbocycles. The summed E-state index contributed by atoms with van der Waals surface area (Å²) in [5.41, 5.74) is 9.27. The van der Waals surface area contributed by atoms with Gasteiger partial charge in [-0.1, -0.05) is 12.8 Å². The van der Waals surface area contributed by atoms with Crippen molar-refractivity contribution in [1.29, 1.82) is 0 Å². The minimum atomic E-state index is 0.570. The van der Waals surface area contributed by atoms with E-state index in [2.05, 4.69) is 27.6 Å². The second-order valence-corrected chi connectivity index (χ2v) is 5.40. The molecule has 4 heteroatoms. The van der Waals surface area contributed by atoms with Gasteiger partial charge in [-0.3, -0.25) is 4.68 Å². The Morgan fingerprint density at radius 3 is 2.88 bits per heavy atom. The molecule has 0 aliphatic heterocycles. The van der Waals surface area contributed by atoms with E-state index in [9.17, 15) is 0 Å². The number of hydrogen-bond acceptors (Lipinski definition) is 3. The summed E-state index contributed by atoms with van der Waals surface area (Å²) < 4.78 is 2.17. The highest BCUT2D eigenvalue weighted by atomic mass is 32.1. The van der Waals surface area contributed by atoms with Gasteiger partial charge < -0.3 is 5.73 Å². The molecule has 0 bridgehead atoms. The van der Waals surface area contributed by atoms with E-state index in [1.165, 1.54) is 31.2 Å². The molecule has 0 spiro atoms. The molecule has 0 aromatic carbocycles. The normalized spacial score (nSPS) is 16.8. The van der Waals surface area contributed by atoms with Crippen LogP contribution in [0.25, 0.3) is 11.3 Å². The van der Waals surface area contributed by atoms with Crippen LogP contribution >= 0.6 is 11.3 Å². The van der Waals surface area contributed by atoms with E-state index in [-0.39, 0.29) is 0 Å². The molecular formula is C13H17N3S. The van der Waals surface area contributed by atoms with Crippen LogP contribution in [0.2, 0.25) is 0 Å². The van der Waals surface area contributed by atoms with Crippen molar-refractivity contribution in [1.82, 2.24) is 9.78 Å². The molecule has 0 saturated heterocycles. The third-order valence-electron chi connectivity index (χ3n) is 3.51. The van der Waals surface area contributed by atoms with E-state index in [0.717, 1.165) is 11.4 Å². The molecule has 2 heterocycles. The molecule has 3 rings (SSSR count). The lowest BCUT2D eigenvalue weighted by Crippen LogP contribution is -2.13. The van der Waals surface area contributed by atoms with Crippen LogP contribution in [0.4, 0.5) is 0 Å². The highest BCUT2D eigenvalue weighted by molar-refractivity contribution is 7.08. The van der Waals surface area contributed by atoms with Gasteiger partial charge in [-0.05, 0) is 30.4 Å². The van der Waals surface area contributed by atoms with Gasteiger partial charge in [0, 0.05) is 17.5 Å². The Kier molecular flexibility index (Phi) is 2.99. The zero-order chi connectivity index (χ0) is 11.7. The van der Waals surface area contributed by atoms with Gasteiger partial charge in [-0.15, -0.1) is 0 Å². The van der Waals surface area contributed by atoms with Crippen molar-refractivity contribution in [2.24, 2.45) is 5.73 Å². The molecule has 90 valence electrons. The topological polar surface area (TPSA) is 43.8 Å². The van der Waals surface area contributed by atoms with Crippen molar-refractivity contribution >= 4 is 11.3 Å². The highest BCUT2D eigenvalue weighted by Gasteiger charge is 2.21. The van der Waals surface area contributed by atoms with Crippen molar-refractivity contribution in [3.63, 3.8) is 0 Å². The SMILES string of the molecule is NCc1cc(-c2ccsc2)nn1C1CCCC1. The molecule has 0 radical (unpaired) electrons. The molecule has 0 unspecified atom stereocenters. The smallest absolute Gasteiger partial charge is 0.0935 e. The molecule has 1 saturated carbocycles. The molecule has 3 nitrogen and oxygen atoms in total. The van der Waals surface area contributed by atoms with Gasteiger partial charge in [0.15, 0.2) is 0 Å². The first-order valence-corrected chi connectivity index (χ1v) is 7.14. The predicted molar refractivity (Wildman–Crippen MR) is 70.9 cm³/mol. The van der Waals surface area contributed by atoms with Crippen LogP contribution in [-0.2, 0) is 6.54 Å². The minimum Gasteiger partial charge on any atom is -0.325 e. The lowest BCUT2D eigenvalue weighted by molar-refractivity contribution is 0.451. The van der Waals surface area contributed by atoms with Gasteiger partial charge in [-0.2, -0.15) is 16.4 Å². The zero-order valence-electron chi connectivity index (χ0n) is 9.80. The van der Waals surface area contributed by atoms with E-state index in [4.69, 9.17) is 10.8 Å². The lowest BCUT2D eigenvalue weighted by atomic mass is 10.2. The van der Waals surface area contributed by atoms with E-state index < -0.39 is 0 Å². The Balaban J connectivity index is 1.97. The van der Waals surface area contributed by atoms with Crippen LogP contribution < -0.4 is 5.73 Å². The van der Waals surface area contributed by atoms with Crippen LogP contribution in [-0.4, -0.2) is 9.78 Å². The summed E-state index contributed by atoms with van der Waals surface area (Å²) in [4.78, 5) is 0. The van der Waals surface area contributed by atoms with Gasteiger partial charge in [0.2, 0.25) is 0 Å². The second-order valence-electron chi connectivity index (χ2n) is 4.62. The average molecular weight is 247 g/mol. The highest BCUT2D eigenvalue weighted by Crippen LogP contribution is 2.32. The molecule has 2 aromatic rings. The monoisotopic (exact) mass is 247 g/mol. The summed E-state index contributed by atoms with van der Waals surface area (Å²) in [6.45, 7) is 0.577. The van der Waals surface area contributed by atoms with Gasteiger partial charge >= 0.3 is 0 Å². The Labute approximate surface area is 105 Å². The number of hydrogen-bond donors (Lipinski definition) is 1. The quantitative estimate of drug-likeness (QED) is 0.905. The molecule has 0 atom stereocenters. The average Bonchev–Trinajstić information content (AvgIpc) is 3.09. The molecule has 1 aliphatic rings. The van der Waals surface area contributed by atoms with E-state index >= 15 is 0 Å². The van der Waals surface area contributed by atoms with Crippen molar-refractivity contribution in [2.45, 2.75) is 38.3 Å². The summed E-state index contributed by atoms with van der Waals surface area (Å²) in [5, 5.41) is 8.98. The van der Waals surface area contributed by atoms with Crippen LogP contribution in [0.15, 0.2) is 22.9 Å². The van der Waals surface area contributed by atoms with Gasteiger partial charge in [0.05, 0.1) is 17.4 Å². The van der Waals surface area contributed by atoms with Crippen molar-refractivity contribution in [3.05, 3.63) is 28.6 Å². The fourth-order valence-corrected chi connectivity index (χ4v) is 3.25. The standard InChI is InChI=1S/C13H17N3S/c14-8-12-7-13(10-5-6-17-9-10)15-16(12)11-3-1-2-4-11/h5-7,9,11H,1-4,8,14H2. The van der Waals surface area contributed by atoms with Gasteiger partial charge in [-0.25, -0.2) is 0 Å². The third-order valence-corrected chi connectivity index (χ3v) is 4.19. The molecule has 17 heavy (non-hydrogen) atoms. The van der Waals surface area contributed by atoms with Gasteiger partial charge in [0.25, 0.3) is 0 Å². The van der Waals surface area contributed by atoms with E-state index in [1.54, 1.807) is 11.3 Å². The number of nitrogens with zero attached hydrogens (tertiary/aromatic N) is 2. The maximum Gasteiger partial charge on any atom is 0.0935 e. The van der Waals surface area contributed by atoms with E-state index in [0.29, 0.717) is 12.6 Å². The lowest BCUT2D eigenvalue weighted by Gasteiger charge is -2.12. The summed E-state index contributed by atoms with van der Waals surface area (Å²) in [7, 11) is 0. The molecular weight excluding hydrogens is 230 g/mol. The first kappa shape index (κ1) is 11.0. The first-order chi connectivity index (χ1) is 8.38. The molecule has 2 N–H and O–H groups in total. The Bertz CT molecular complexity index is 481. The zero-order valence-corrected chi connectivity index (χ0v) is 10.6. The number of rotatable bonds is 3. The largest absolute Gasteiger partial charge is 0.325 e. The van der Waals surface area contributed by atoms with Crippen LogP contribution in [0.1, 0.15) is 37.4 Å². The summed E-state index contributed by atoms with van der Waals surface area (Å²) in [6, 6.07) is 4.83. The van der Waals surface area contributed by atoms with Crippen molar-refractivity contribution in [2.75, 3.05) is 0 Å². The maximum absolute atomic E-state index is 5.83. The van der Waals surface area contributed by atoms with Crippen LogP contribution in [0.3, 0.4) is 0 Å². The van der Waals surface area contributed by atoms with Crippen LogP contribution in [0, 0.1) is 0 Å². The maximum atomic E-state index is 5.83. The minimum absolute atomic E-state index is 0.570. The van der Waals surface area contributed by atoms with Gasteiger partial charge in [0.1, 0.15) is 0 Å².